The van der Waals surface area contributed by atoms with E-state index in [-0.39, 0.29) is 6.42 Å². The van der Waals surface area contributed by atoms with Gasteiger partial charge in [0.05, 0.1) is 0 Å². The van der Waals surface area contributed by atoms with Crippen LogP contribution in [0.25, 0.3) is 0 Å². The van der Waals surface area contributed by atoms with Crippen LogP contribution in [0.1, 0.15) is 187 Å². The molecule has 0 aromatic heterocycles. The van der Waals surface area contributed by atoms with Crippen LogP contribution in [0.3, 0.4) is 0 Å². The van der Waals surface area contributed by atoms with Crippen molar-refractivity contribution in [3.63, 3.8) is 0 Å². The molecule has 212 valence electrons. The lowest BCUT2D eigenvalue weighted by Crippen LogP contribution is -2.22. The number of carbonyl (C=O) groups is 3. The molecule has 0 aromatic rings. The summed E-state index contributed by atoms with van der Waals surface area (Å²) in [4.78, 5) is 32.7. The summed E-state index contributed by atoms with van der Waals surface area (Å²) >= 11 is 0. The number of unbranched alkanes of at least 4 members (excludes halogenated alkanes) is 26. The van der Waals surface area contributed by atoms with Gasteiger partial charge in [-0.05, 0) is 6.42 Å². The van der Waals surface area contributed by atoms with Gasteiger partial charge in [-0.2, -0.15) is 0 Å². The number of carbonyl (C=O) groups excluding carboxylic acids is 2. The molecular weight excluding hydrogens is 448 g/mol. The fraction of sp³-hybridized carbons (Fsp3) is 0.906. The van der Waals surface area contributed by atoms with E-state index in [0.29, 0.717) is 6.42 Å². The Morgan fingerprint density at radius 2 is 0.611 bits per heavy atom. The molecule has 0 spiro atoms. The van der Waals surface area contributed by atoms with Gasteiger partial charge >= 0.3 is 11.8 Å². The SMILES string of the molecule is CCCCCCCCCCCCCCCCCCCCCCCCCCCCCC(=O)C(=O)C(=O)O. The molecule has 4 heteroatoms. The summed E-state index contributed by atoms with van der Waals surface area (Å²) in [6.07, 6.45) is 36.2. The van der Waals surface area contributed by atoms with Crippen LogP contribution in [0.2, 0.25) is 0 Å². The summed E-state index contributed by atoms with van der Waals surface area (Å²) < 4.78 is 0. The van der Waals surface area contributed by atoms with Gasteiger partial charge in [0.15, 0.2) is 0 Å². The number of hydrogen-bond donors (Lipinski definition) is 1. The number of hydrogen-bond acceptors (Lipinski definition) is 3. The van der Waals surface area contributed by atoms with Gasteiger partial charge in [0.25, 0.3) is 0 Å². The molecule has 0 atom stereocenters. The molecule has 4 nitrogen and oxygen atoms in total. The molecule has 0 radical (unpaired) electrons. The summed E-state index contributed by atoms with van der Waals surface area (Å²) in [5.41, 5.74) is 0. The lowest BCUT2D eigenvalue weighted by molar-refractivity contribution is -0.152. The highest BCUT2D eigenvalue weighted by molar-refractivity contribution is 6.61. The van der Waals surface area contributed by atoms with Crippen molar-refractivity contribution in [2.75, 3.05) is 0 Å². The smallest absolute Gasteiger partial charge is 0.380 e. The topological polar surface area (TPSA) is 71.4 Å². The van der Waals surface area contributed by atoms with Crippen molar-refractivity contribution in [2.45, 2.75) is 187 Å². The summed E-state index contributed by atoms with van der Waals surface area (Å²) in [7, 11) is 0. The molecule has 0 aliphatic heterocycles. The van der Waals surface area contributed by atoms with Crippen LogP contribution in [0.15, 0.2) is 0 Å². The second-order valence-electron chi connectivity index (χ2n) is 11.0. The fourth-order valence-corrected chi connectivity index (χ4v) is 5.01. The van der Waals surface area contributed by atoms with Crippen LogP contribution < -0.4 is 0 Å². The van der Waals surface area contributed by atoms with Gasteiger partial charge in [-0.1, -0.05) is 174 Å². The molecule has 0 rings (SSSR count). The molecule has 0 saturated carbocycles. The van der Waals surface area contributed by atoms with E-state index >= 15 is 0 Å². The molecule has 0 heterocycles. The number of Topliss-reactive ketones (excluding diaryl/α,β-unsaturated/α-hetero) is 2. The van der Waals surface area contributed by atoms with E-state index in [1.807, 2.05) is 0 Å². The highest BCUT2D eigenvalue weighted by atomic mass is 16.4. The molecule has 0 aromatic carbocycles. The van der Waals surface area contributed by atoms with E-state index in [0.717, 1.165) is 12.8 Å². The van der Waals surface area contributed by atoms with E-state index in [9.17, 15) is 14.4 Å². The first-order valence-electron chi connectivity index (χ1n) is 15.9. The van der Waals surface area contributed by atoms with Crippen LogP contribution >= 0.6 is 0 Å². The molecule has 0 bridgehead atoms. The van der Waals surface area contributed by atoms with Gasteiger partial charge in [0.1, 0.15) is 0 Å². The molecule has 0 fully saturated rings. The Morgan fingerprint density at radius 3 is 0.833 bits per heavy atom. The molecule has 36 heavy (non-hydrogen) atoms. The first kappa shape index (κ1) is 34.8. The zero-order valence-electron chi connectivity index (χ0n) is 24.0. The third kappa shape index (κ3) is 25.9. The van der Waals surface area contributed by atoms with Crippen LogP contribution in [-0.2, 0) is 14.4 Å². The number of carboxylic acid groups (broad SMARTS) is 1. The highest BCUT2D eigenvalue weighted by Crippen LogP contribution is 2.16. The van der Waals surface area contributed by atoms with Crippen molar-refractivity contribution in [2.24, 2.45) is 0 Å². The molecule has 0 saturated heterocycles. The lowest BCUT2D eigenvalue weighted by Gasteiger charge is -2.04. The van der Waals surface area contributed by atoms with E-state index in [1.165, 1.54) is 154 Å². The number of carboxylic acids is 1. The minimum atomic E-state index is -1.63. The molecular formula is C32H60O4. The Bertz CT molecular complexity index is 514. The van der Waals surface area contributed by atoms with Crippen LogP contribution in [0, 0.1) is 0 Å². The van der Waals surface area contributed by atoms with Crippen molar-refractivity contribution >= 4 is 17.5 Å². The van der Waals surface area contributed by atoms with Gasteiger partial charge in [0.2, 0.25) is 5.78 Å². The van der Waals surface area contributed by atoms with Gasteiger partial charge in [0, 0.05) is 6.42 Å². The average Bonchev–Trinajstić information content (AvgIpc) is 2.87. The Kier molecular flexibility index (Phi) is 27.4. The van der Waals surface area contributed by atoms with Gasteiger partial charge in [-0.3, -0.25) is 9.59 Å². The third-order valence-electron chi connectivity index (χ3n) is 7.45. The van der Waals surface area contributed by atoms with E-state index in [4.69, 9.17) is 5.11 Å². The molecule has 0 unspecified atom stereocenters. The quantitative estimate of drug-likeness (QED) is 0.0595. The zero-order chi connectivity index (χ0) is 26.5. The number of ketones is 2. The minimum absolute atomic E-state index is 0.0739. The third-order valence-corrected chi connectivity index (χ3v) is 7.45. The first-order valence-corrected chi connectivity index (χ1v) is 15.9. The lowest BCUT2D eigenvalue weighted by atomic mass is 10.0. The van der Waals surface area contributed by atoms with E-state index in [2.05, 4.69) is 6.92 Å². The first-order chi connectivity index (χ1) is 17.6. The second kappa shape index (κ2) is 28.4. The summed E-state index contributed by atoms with van der Waals surface area (Å²) in [6.45, 7) is 2.29. The number of rotatable bonds is 30. The maximum atomic E-state index is 11.3. The van der Waals surface area contributed by atoms with E-state index < -0.39 is 17.5 Å². The van der Waals surface area contributed by atoms with Gasteiger partial charge in [-0.25, -0.2) is 4.79 Å². The highest BCUT2D eigenvalue weighted by Gasteiger charge is 2.20. The standard InChI is InChI=1S/C32H60O4/c1-2-3-4-5-6-7-8-9-10-11-12-13-14-15-16-17-18-19-20-21-22-23-24-25-26-27-28-29-30(33)31(34)32(35)36/h2-29H2,1H3,(H,35,36). The van der Waals surface area contributed by atoms with Crippen LogP contribution in [0.5, 0.6) is 0 Å². The van der Waals surface area contributed by atoms with Crippen molar-refractivity contribution in [3.8, 4) is 0 Å². The average molecular weight is 509 g/mol. The Hall–Kier alpha value is -1.19. The van der Waals surface area contributed by atoms with Crippen LogP contribution in [0.4, 0.5) is 0 Å². The summed E-state index contributed by atoms with van der Waals surface area (Å²) in [5, 5.41) is 8.48. The van der Waals surface area contributed by atoms with Crippen molar-refractivity contribution < 1.29 is 19.5 Å². The largest absolute Gasteiger partial charge is 0.475 e. The van der Waals surface area contributed by atoms with Gasteiger partial charge < -0.3 is 5.11 Å². The summed E-state index contributed by atoms with van der Waals surface area (Å²) in [6, 6.07) is 0. The van der Waals surface area contributed by atoms with Crippen molar-refractivity contribution in [3.05, 3.63) is 0 Å². The maximum absolute atomic E-state index is 11.3. The van der Waals surface area contributed by atoms with Gasteiger partial charge in [-0.15, -0.1) is 0 Å². The molecule has 0 aliphatic carbocycles. The Balaban J connectivity index is 3.11. The van der Waals surface area contributed by atoms with Crippen molar-refractivity contribution in [1.29, 1.82) is 0 Å². The van der Waals surface area contributed by atoms with Crippen LogP contribution in [-0.4, -0.2) is 22.6 Å². The Labute approximate surface area is 223 Å². The fourth-order valence-electron chi connectivity index (χ4n) is 5.01. The predicted octanol–water partition coefficient (Wildman–Crippen LogP) is 10.2. The predicted molar refractivity (Wildman–Crippen MR) is 153 cm³/mol. The molecule has 0 aliphatic rings. The summed E-state index contributed by atoms with van der Waals surface area (Å²) in [5.74, 6) is -3.67. The molecule has 0 amide bonds. The normalized spacial score (nSPS) is 11.1. The minimum Gasteiger partial charge on any atom is -0.475 e. The maximum Gasteiger partial charge on any atom is 0.380 e. The second-order valence-corrected chi connectivity index (χ2v) is 11.0. The number of aliphatic carboxylic acids is 1. The molecule has 1 N–H and O–H groups in total. The zero-order valence-corrected chi connectivity index (χ0v) is 24.0. The van der Waals surface area contributed by atoms with Crippen molar-refractivity contribution in [1.82, 2.24) is 0 Å². The monoisotopic (exact) mass is 508 g/mol. The van der Waals surface area contributed by atoms with E-state index in [1.54, 1.807) is 0 Å². The Morgan fingerprint density at radius 1 is 0.389 bits per heavy atom.